The van der Waals surface area contributed by atoms with Crippen LogP contribution in [0.15, 0.2) is 17.0 Å². The van der Waals surface area contributed by atoms with Gasteiger partial charge in [0.05, 0.1) is 12.8 Å². The topological polar surface area (TPSA) is 111 Å². The summed E-state index contributed by atoms with van der Waals surface area (Å²) in [6.07, 6.45) is 1.47. The van der Waals surface area contributed by atoms with Gasteiger partial charge in [-0.05, 0) is 25.7 Å². The molecular weight excluding hydrogens is 382 g/mol. The number of fused-ring (bicyclic) bond motifs is 1. The second kappa shape index (κ2) is 7.99. The Morgan fingerprint density at radius 3 is 2.58 bits per heavy atom. The van der Waals surface area contributed by atoms with Gasteiger partial charge in [-0.2, -0.15) is 4.31 Å². The molecule has 0 aromatic heterocycles. The molecule has 146 valence electrons. The molecule has 3 N–H and O–H groups in total. The highest BCUT2D eigenvalue weighted by molar-refractivity contribution is 7.89. The van der Waals surface area contributed by atoms with Crippen molar-refractivity contribution in [2.24, 2.45) is 11.7 Å². The van der Waals surface area contributed by atoms with Crippen LogP contribution in [0, 0.1) is 5.92 Å². The number of carbonyl (C=O) groups is 1. The maximum atomic E-state index is 13.1. The zero-order chi connectivity index (χ0) is 18.2. The molecule has 2 aliphatic rings. The molecule has 2 aliphatic heterocycles. The summed E-state index contributed by atoms with van der Waals surface area (Å²) in [5.41, 5.74) is 6.33. The number of benzene rings is 1. The molecular formula is C16H24ClN3O5S. The number of nitrogens with two attached hydrogens (primary N) is 1. The number of sulfonamides is 1. The van der Waals surface area contributed by atoms with E-state index < -0.39 is 10.0 Å². The van der Waals surface area contributed by atoms with Crippen LogP contribution in [-0.4, -0.2) is 51.5 Å². The summed E-state index contributed by atoms with van der Waals surface area (Å²) in [5.74, 6) is 0.543. The van der Waals surface area contributed by atoms with E-state index in [4.69, 9.17) is 15.2 Å². The minimum Gasteiger partial charge on any atom is -0.495 e. The third kappa shape index (κ3) is 3.90. The predicted molar refractivity (Wildman–Crippen MR) is 99.5 cm³/mol. The van der Waals surface area contributed by atoms with Crippen LogP contribution in [0.1, 0.15) is 19.8 Å². The highest BCUT2D eigenvalue weighted by atomic mass is 35.5. The van der Waals surface area contributed by atoms with Gasteiger partial charge in [0.1, 0.15) is 16.4 Å². The summed E-state index contributed by atoms with van der Waals surface area (Å²) >= 11 is 0. The van der Waals surface area contributed by atoms with Crippen LogP contribution in [0.4, 0.5) is 5.69 Å². The second-order valence-corrected chi connectivity index (χ2v) is 8.34. The fourth-order valence-corrected chi connectivity index (χ4v) is 4.85. The highest BCUT2D eigenvalue weighted by Crippen LogP contribution is 2.39. The molecule has 1 amide bonds. The van der Waals surface area contributed by atoms with Gasteiger partial charge < -0.3 is 20.5 Å². The Morgan fingerprint density at radius 2 is 2.00 bits per heavy atom. The molecule has 1 saturated heterocycles. The average molecular weight is 406 g/mol. The van der Waals surface area contributed by atoms with Crippen LogP contribution in [0.3, 0.4) is 0 Å². The third-order valence-corrected chi connectivity index (χ3v) is 6.68. The van der Waals surface area contributed by atoms with Crippen molar-refractivity contribution in [2.45, 2.75) is 30.7 Å². The number of nitrogens with one attached hydrogen (secondary N) is 1. The predicted octanol–water partition coefficient (Wildman–Crippen LogP) is 1.20. The second-order valence-electron chi connectivity index (χ2n) is 6.44. The molecule has 0 aliphatic carbocycles. The van der Waals surface area contributed by atoms with Crippen molar-refractivity contribution in [3.63, 3.8) is 0 Å². The average Bonchev–Trinajstić information content (AvgIpc) is 2.60. The summed E-state index contributed by atoms with van der Waals surface area (Å²) in [4.78, 5) is 11.5. The van der Waals surface area contributed by atoms with Crippen LogP contribution < -0.4 is 20.5 Å². The van der Waals surface area contributed by atoms with Gasteiger partial charge >= 0.3 is 0 Å². The molecule has 0 bridgehead atoms. The lowest BCUT2D eigenvalue weighted by Gasteiger charge is -2.33. The van der Waals surface area contributed by atoms with Gasteiger partial charge in [0.25, 0.3) is 5.91 Å². The molecule has 0 saturated carbocycles. The third-order valence-electron chi connectivity index (χ3n) is 4.76. The lowest BCUT2D eigenvalue weighted by Crippen LogP contribution is -2.42. The van der Waals surface area contributed by atoms with Gasteiger partial charge in [-0.25, -0.2) is 8.42 Å². The van der Waals surface area contributed by atoms with E-state index in [1.807, 2.05) is 6.92 Å². The quantitative estimate of drug-likeness (QED) is 0.778. The van der Waals surface area contributed by atoms with Gasteiger partial charge in [-0.3, -0.25) is 4.79 Å². The molecule has 1 aromatic carbocycles. The fourth-order valence-electron chi connectivity index (χ4n) is 3.23. The van der Waals surface area contributed by atoms with Gasteiger partial charge in [0.15, 0.2) is 6.61 Å². The van der Waals surface area contributed by atoms with Crippen molar-refractivity contribution in [2.75, 3.05) is 32.1 Å². The van der Waals surface area contributed by atoms with Crippen LogP contribution in [0.2, 0.25) is 0 Å². The van der Waals surface area contributed by atoms with Crippen molar-refractivity contribution in [1.82, 2.24) is 4.31 Å². The first-order valence-electron chi connectivity index (χ1n) is 8.23. The molecule has 8 nitrogen and oxygen atoms in total. The molecule has 0 spiro atoms. The van der Waals surface area contributed by atoms with Crippen LogP contribution in [0.5, 0.6) is 11.5 Å². The Labute approximate surface area is 159 Å². The lowest BCUT2D eigenvalue weighted by molar-refractivity contribution is -0.118. The first kappa shape index (κ1) is 20.8. The molecule has 2 heterocycles. The van der Waals surface area contributed by atoms with Crippen molar-refractivity contribution < 1.29 is 22.7 Å². The molecule has 0 radical (unpaired) electrons. The normalized spacial score (nSPS) is 19.6. The number of hydrogen-bond acceptors (Lipinski definition) is 6. The van der Waals surface area contributed by atoms with E-state index in [1.165, 1.54) is 23.5 Å². The fraction of sp³-hybridized carbons (Fsp3) is 0.562. The molecule has 1 fully saturated rings. The maximum Gasteiger partial charge on any atom is 0.262 e. The number of methoxy groups -OCH3 is 1. The van der Waals surface area contributed by atoms with Crippen molar-refractivity contribution in [3.8, 4) is 11.5 Å². The minimum atomic E-state index is -3.73. The van der Waals surface area contributed by atoms with E-state index >= 15 is 0 Å². The van der Waals surface area contributed by atoms with Gasteiger partial charge in [0.2, 0.25) is 10.0 Å². The van der Waals surface area contributed by atoms with E-state index in [0.717, 1.165) is 12.8 Å². The first-order chi connectivity index (χ1) is 11.8. The Hall–Kier alpha value is -1.55. The first-order valence-corrected chi connectivity index (χ1v) is 9.67. The Balaban J connectivity index is 0.00000243. The molecule has 1 atom stereocenters. The van der Waals surface area contributed by atoms with Crippen LogP contribution >= 0.6 is 12.4 Å². The van der Waals surface area contributed by atoms with E-state index in [-0.39, 0.29) is 41.6 Å². The number of carbonyl (C=O) groups excluding carboxylic acids is 1. The molecule has 10 heteroatoms. The number of halogens is 1. The summed E-state index contributed by atoms with van der Waals surface area (Å²) in [6.45, 7) is 2.66. The lowest BCUT2D eigenvalue weighted by atomic mass is 9.92. The van der Waals surface area contributed by atoms with Gasteiger partial charge in [0, 0.05) is 31.3 Å². The Morgan fingerprint density at radius 1 is 1.35 bits per heavy atom. The van der Waals surface area contributed by atoms with Crippen molar-refractivity contribution in [1.29, 1.82) is 0 Å². The summed E-state index contributed by atoms with van der Waals surface area (Å²) in [7, 11) is -2.33. The number of piperidine rings is 1. The molecule has 3 rings (SSSR count). The van der Waals surface area contributed by atoms with Gasteiger partial charge in [-0.1, -0.05) is 0 Å². The van der Waals surface area contributed by atoms with Crippen LogP contribution in [0.25, 0.3) is 0 Å². The number of ether oxygens (including phenoxy) is 2. The number of anilines is 1. The van der Waals surface area contributed by atoms with E-state index in [1.54, 1.807) is 0 Å². The van der Waals surface area contributed by atoms with Crippen molar-refractivity contribution >= 4 is 34.0 Å². The number of hydrogen-bond donors (Lipinski definition) is 2. The largest absolute Gasteiger partial charge is 0.495 e. The van der Waals surface area contributed by atoms with Crippen molar-refractivity contribution in [3.05, 3.63) is 12.1 Å². The zero-order valence-electron chi connectivity index (χ0n) is 14.7. The SMILES string of the molecule is COc1cc2c(cc1S(=O)(=O)N1CCC(C(C)N)CC1)OCC(=O)N2.Cl. The molecule has 26 heavy (non-hydrogen) atoms. The van der Waals surface area contributed by atoms with E-state index in [2.05, 4.69) is 5.32 Å². The highest BCUT2D eigenvalue weighted by Gasteiger charge is 2.34. The van der Waals surface area contributed by atoms with Crippen LogP contribution in [-0.2, 0) is 14.8 Å². The van der Waals surface area contributed by atoms with Gasteiger partial charge in [-0.15, -0.1) is 12.4 Å². The monoisotopic (exact) mass is 405 g/mol. The number of nitrogens with zero attached hydrogens (tertiary/aromatic N) is 1. The number of amides is 1. The smallest absolute Gasteiger partial charge is 0.262 e. The molecule has 1 unspecified atom stereocenters. The number of rotatable bonds is 4. The molecule has 1 aromatic rings. The summed E-state index contributed by atoms with van der Waals surface area (Å²) in [6, 6.07) is 2.95. The van der Waals surface area contributed by atoms with E-state index in [0.29, 0.717) is 30.4 Å². The Kier molecular flexibility index (Phi) is 6.38. The standard InChI is InChI=1S/C16H23N3O5S.ClH/c1-10(17)11-3-5-19(6-4-11)25(21,22)15-8-13-12(7-14(15)23-2)18-16(20)9-24-13;/h7-8,10-11H,3-6,9,17H2,1-2H3,(H,18,20);1H. The zero-order valence-corrected chi connectivity index (χ0v) is 16.4. The minimum absolute atomic E-state index is 0. The summed E-state index contributed by atoms with van der Waals surface area (Å²) < 4.78 is 38.2. The van der Waals surface area contributed by atoms with E-state index in [9.17, 15) is 13.2 Å². The maximum absolute atomic E-state index is 13.1. The summed E-state index contributed by atoms with van der Waals surface area (Å²) in [5, 5.41) is 2.64. The Bertz CT molecular complexity index is 776.